The number of ether oxygens (including phenoxy) is 1. The average molecular weight is 258 g/mol. The van der Waals surface area contributed by atoms with Crippen molar-refractivity contribution in [3.8, 4) is 0 Å². The van der Waals surface area contributed by atoms with Gasteiger partial charge in [-0.3, -0.25) is 4.79 Å². The van der Waals surface area contributed by atoms with E-state index in [2.05, 4.69) is 10.1 Å². The number of nitrogens with zero attached hydrogens (tertiary/aromatic N) is 3. The second kappa shape index (κ2) is 4.98. The van der Waals surface area contributed by atoms with Crippen LogP contribution in [-0.2, 0) is 11.3 Å². The van der Waals surface area contributed by atoms with Gasteiger partial charge in [0.2, 0.25) is 5.82 Å². The molecule has 2 rings (SSSR count). The number of aliphatic hydroxyl groups is 3. The lowest BCUT2D eigenvalue weighted by Gasteiger charge is -2.13. The molecule has 9 heteroatoms. The SMILES string of the molecule is NC(=O)c1ncn(CC2OC(CO)C(O)C2O)n1. The molecule has 5 N–H and O–H groups in total. The highest BCUT2D eigenvalue weighted by molar-refractivity contribution is 5.88. The number of carbonyl (C=O) groups excluding carboxylic acids is 1. The Morgan fingerprint density at radius 1 is 1.44 bits per heavy atom. The summed E-state index contributed by atoms with van der Waals surface area (Å²) in [6.45, 7) is -0.298. The largest absolute Gasteiger partial charge is 0.394 e. The molecule has 4 unspecified atom stereocenters. The first kappa shape index (κ1) is 12.9. The molecule has 1 aliphatic rings. The van der Waals surface area contributed by atoms with Gasteiger partial charge in [0.1, 0.15) is 30.7 Å². The number of aliphatic hydroxyl groups excluding tert-OH is 3. The van der Waals surface area contributed by atoms with Crippen molar-refractivity contribution in [1.29, 1.82) is 0 Å². The Kier molecular flexibility index (Phi) is 3.57. The summed E-state index contributed by atoms with van der Waals surface area (Å²) in [5.74, 6) is -0.892. The maximum absolute atomic E-state index is 10.8. The Hall–Kier alpha value is -1.55. The number of hydrogen-bond acceptors (Lipinski definition) is 7. The molecule has 100 valence electrons. The molecular formula is C9H14N4O5. The van der Waals surface area contributed by atoms with Gasteiger partial charge >= 0.3 is 0 Å². The molecule has 1 aromatic rings. The van der Waals surface area contributed by atoms with Gasteiger partial charge in [-0.2, -0.15) is 0 Å². The second-order valence-electron chi connectivity index (χ2n) is 4.03. The number of nitrogens with two attached hydrogens (primary N) is 1. The van der Waals surface area contributed by atoms with E-state index in [4.69, 9.17) is 15.6 Å². The van der Waals surface area contributed by atoms with E-state index in [1.807, 2.05) is 0 Å². The number of carbonyl (C=O) groups is 1. The van der Waals surface area contributed by atoms with Crippen LogP contribution in [0.4, 0.5) is 0 Å². The molecule has 9 nitrogen and oxygen atoms in total. The van der Waals surface area contributed by atoms with E-state index in [0.717, 1.165) is 0 Å². The van der Waals surface area contributed by atoms with Crippen LogP contribution in [0.2, 0.25) is 0 Å². The van der Waals surface area contributed by atoms with Crippen LogP contribution in [0.15, 0.2) is 6.33 Å². The zero-order valence-electron chi connectivity index (χ0n) is 9.38. The van der Waals surface area contributed by atoms with Crippen molar-refractivity contribution in [2.75, 3.05) is 6.61 Å². The van der Waals surface area contributed by atoms with Gasteiger partial charge in [-0.1, -0.05) is 0 Å². The topological polar surface area (TPSA) is 144 Å². The van der Waals surface area contributed by atoms with Gasteiger partial charge in [-0.15, -0.1) is 5.10 Å². The summed E-state index contributed by atoms with van der Waals surface area (Å²) < 4.78 is 6.53. The Labute approximate surface area is 102 Å². The Morgan fingerprint density at radius 2 is 2.11 bits per heavy atom. The maximum atomic E-state index is 10.8. The lowest BCUT2D eigenvalue weighted by Crippen LogP contribution is -2.35. The van der Waals surface area contributed by atoms with E-state index in [-0.39, 0.29) is 12.4 Å². The fourth-order valence-electron chi connectivity index (χ4n) is 1.81. The number of amides is 1. The third-order valence-corrected chi connectivity index (χ3v) is 2.77. The average Bonchev–Trinajstić information content (AvgIpc) is 2.90. The molecule has 1 saturated heterocycles. The van der Waals surface area contributed by atoms with E-state index in [9.17, 15) is 15.0 Å². The molecule has 0 bridgehead atoms. The highest BCUT2D eigenvalue weighted by atomic mass is 16.6. The van der Waals surface area contributed by atoms with Crippen LogP contribution in [0.25, 0.3) is 0 Å². The van der Waals surface area contributed by atoms with Crippen molar-refractivity contribution in [2.24, 2.45) is 5.73 Å². The quantitative estimate of drug-likeness (QED) is 0.446. The van der Waals surface area contributed by atoms with Crippen LogP contribution < -0.4 is 5.73 Å². The summed E-state index contributed by atoms with van der Waals surface area (Å²) in [6, 6.07) is 0. The fraction of sp³-hybridized carbons (Fsp3) is 0.667. The highest BCUT2D eigenvalue weighted by Crippen LogP contribution is 2.22. The van der Waals surface area contributed by atoms with E-state index in [0.29, 0.717) is 0 Å². The van der Waals surface area contributed by atoms with Crippen molar-refractivity contribution in [2.45, 2.75) is 31.0 Å². The number of aromatic nitrogens is 3. The number of hydrogen-bond donors (Lipinski definition) is 4. The second-order valence-corrected chi connectivity index (χ2v) is 4.03. The van der Waals surface area contributed by atoms with Gasteiger partial charge in [0.25, 0.3) is 5.91 Å². The monoisotopic (exact) mass is 258 g/mol. The fourth-order valence-corrected chi connectivity index (χ4v) is 1.81. The van der Waals surface area contributed by atoms with Crippen molar-refractivity contribution in [3.05, 3.63) is 12.2 Å². The van der Waals surface area contributed by atoms with Crippen LogP contribution in [0.1, 0.15) is 10.6 Å². The van der Waals surface area contributed by atoms with E-state index >= 15 is 0 Å². The van der Waals surface area contributed by atoms with Crippen LogP contribution >= 0.6 is 0 Å². The van der Waals surface area contributed by atoms with Gasteiger partial charge in [0, 0.05) is 0 Å². The summed E-state index contributed by atoms with van der Waals surface area (Å²) in [5.41, 5.74) is 5.00. The van der Waals surface area contributed by atoms with Crippen LogP contribution in [0.3, 0.4) is 0 Å². The zero-order chi connectivity index (χ0) is 13.3. The number of primary amides is 1. The van der Waals surface area contributed by atoms with E-state index in [1.165, 1.54) is 11.0 Å². The standard InChI is InChI=1S/C9H14N4O5/c10-8(17)9-11-3-13(12-9)1-4-6(15)7(16)5(2-14)18-4/h3-7,14-16H,1-2H2,(H2,10,17). The molecule has 0 radical (unpaired) electrons. The van der Waals surface area contributed by atoms with Gasteiger partial charge < -0.3 is 25.8 Å². The lowest BCUT2D eigenvalue weighted by molar-refractivity contribution is -0.0275. The summed E-state index contributed by atoms with van der Waals surface area (Å²) in [7, 11) is 0. The predicted octanol–water partition coefficient (Wildman–Crippen LogP) is -3.14. The molecule has 4 atom stereocenters. The Bertz CT molecular complexity index is 436. The van der Waals surface area contributed by atoms with Crippen molar-refractivity contribution in [1.82, 2.24) is 14.8 Å². The molecule has 0 aromatic carbocycles. The van der Waals surface area contributed by atoms with Gasteiger partial charge in [-0.05, 0) is 0 Å². The van der Waals surface area contributed by atoms with Crippen LogP contribution in [-0.4, -0.2) is 67.0 Å². The van der Waals surface area contributed by atoms with Gasteiger partial charge in [-0.25, -0.2) is 9.67 Å². The van der Waals surface area contributed by atoms with Crippen LogP contribution in [0, 0.1) is 0 Å². The minimum absolute atomic E-state index is 0.0923. The summed E-state index contributed by atoms with van der Waals surface area (Å²) in [4.78, 5) is 14.5. The van der Waals surface area contributed by atoms with Gasteiger partial charge in [0.15, 0.2) is 0 Å². The van der Waals surface area contributed by atoms with Crippen LogP contribution in [0.5, 0.6) is 0 Å². The Balaban J connectivity index is 2.03. The zero-order valence-corrected chi connectivity index (χ0v) is 9.38. The molecular weight excluding hydrogens is 244 g/mol. The third-order valence-electron chi connectivity index (χ3n) is 2.77. The summed E-state index contributed by atoms with van der Waals surface area (Å²) in [6.07, 6.45) is -2.58. The Morgan fingerprint density at radius 3 is 2.61 bits per heavy atom. The maximum Gasteiger partial charge on any atom is 0.288 e. The minimum Gasteiger partial charge on any atom is -0.394 e. The molecule has 0 saturated carbocycles. The number of rotatable bonds is 4. The molecule has 2 heterocycles. The normalized spacial score (nSPS) is 31.7. The minimum atomic E-state index is -1.15. The molecule has 18 heavy (non-hydrogen) atoms. The molecule has 1 aromatic heterocycles. The summed E-state index contributed by atoms with van der Waals surface area (Å²) >= 11 is 0. The van der Waals surface area contributed by atoms with E-state index < -0.39 is 36.9 Å². The first-order valence-corrected chi connectivity index (χ1v) is 5.34. The predicted molar refractivity (Wildman–Crippen MR) is 56.3 cm³/mol. The lowest BCUT2D eigenvalue weighted by atomic mass is 10.1. The first-order chi connectivity index (χ1) is 8.52. The van der Waals surface area contributed by atoms with Crippen molar-refractivity contribution in [3.63, 3.8) is 0 Å². The molecule has 1 fully saturated rings. The van der Waals surface area contributed by atoms with Crippen molar-refractivity contribution >= 4 is 5.91 Å². The molecule has 1 amide bonds. The first-order valence-electron chi connectivity index (χ1n) is 5.34. The third kappa shape index (κ3) is 2.34. The smallest absolute Gasteiger partial charge is 0.288 e. The van der Waals surface area contributed by atoms with Gasteiger partial charge in [0.05, 0.1) is 13.2 Å². The highest BCUT2D eigenvalue weighted by Gasteiger charge is 2.42. The van der Waals surface area contributed by atoms with Crippen molar-refractivity contribution < 1.29 is 24.9 Å². The summed E-state index contributed by atoms with van der Waals surface area (Å²) in [5, 5.41) is 31.9. The van der Waals surface area contributed by atoms with E-state index in [1.54, 1.807) is 0 Å². The molecule has 0 spiro atoms. The molecule has 1 aliphatic heterocycles. The molecule has 0 aliphatic carbocycles.